The lowest BCUT2D eigenvalue weighted by molar-refractivity contribution is 0.0591. The maximum Gasteiger partial charge on any atom is 0.508 e. The molecule has 0 aromatic carbocycles. The third-order valence-electron chi connectivity index (χ3n) is 4.08. The van der Waals surface area contributed by atoms with E-state index in [1.165, 1.54) is 12.5 Å². The number of rotatable bonds is 12. The monoisotopic (exact) mass is 340 g/mol. The van der Waals surface area contributed by atoms with Crippen molar-refractivity contribution in [1.82, 2.24) is 0 Å². The number of hydrogen-bond donors (Lipinski definition) is 0. The Morgan fingerprint density at radius 1 is 0.955 bits per heavy atom. The lowest BCUT2D eigenvalue weighted by Crippen LogP contribution is -2.30. The molecule has 0 fully saturated rings. The fraction of sp³-hybridized carbons (Fsp3) is 0.588. The number of hydrogen-bond acceptors (Lipinski definition) is 3. The molecule has 0 N–H and O–H groups in total. The van der Waals surface area contributed by atoms with Gasteiger partial charge in [-0.3, -0.25) is 0 Å². The molecule has 5 heteroatoms. The van der Waals surface area contributed by atoms with Crippen molar-refractivity contribution in [3.63, 3.8) is 0 Å². The summed E-state index contributed by atoms with van der Waals surface area (Å²) < 4.78 is 9.76. The van der Waals surface area contributed by atoms with Gasteiger partial charge in [0.25, 0.3) is 0 Å². The normalized spacial score (nSPS) is 11.6. The zero-order chi connectivity index (χ0) is 17.1. The van der Waals surface area contributed by atoms with Gasteiger partial charge in [-0.2, -0.15) is 0 Å². The summed E-state index contributed by atoms with van der Waals surface area (Å²) in [4.78, 5) is 11.1. The first-order chi connectivity index (χ1) is 10.3. The van der Waals surface area contributed by atoms with E-state index < -0.39 is 22.3 Å². The summed E-state index contributed by atoms with van der Waals surface area (Å²) in [6.45, 7) is 19.2. The molecule has 0 radical (unpaired) electrons. The third kappa shape index (κ3) is 8.39. The molecule has 0 heterocycles. The summed E-state index contributed by atoms with van der Waals surface area (Å²) in [6, 6.07) is 3.59. The quantitative estimate of drug-likeness (QED) is 0.276. The summed E-state index contributed by atoms with van der Waals surface area (Å²) in [5.41, 5.74) is 6.19. The van der Waals surface area contributed by atoms with Crippen molar-refractivity contribution >= 4 is 22.3 Å². The van der Waals surface area contributed by atoms with Crippen molar-refractivity contribution in [2.24, 2.45) is 0 Å². The predicted octanol–water partition coefficient (Wildman–Crippen LogP) is 5.27. The van der Waals surface area contributed by atoms with Crippen molar-refractivity contribution in [2.75, 3.05) is 13.2 Å². The van der Waals surface area contributed by atoms with Gasteiger partial charge in [0.05, 0.1) is 13.2 Å². The minimum Gasteiger partial charge on any atom is -0.435 e. The van der Waals surface area contributed by atoms with Gasteiger partial charge in [-0.1, -0.05) is 48.7 Å². The molecule has 0 saturated heterocycles. The second-order valence-electron chi connectivity index (χ2n) is 6.38. The Labute approximate surface area is 138 Å². The Hall–Kier alpha value is -1.08. The van der Waals surface area contributed by atoms with Gasteiger partial charge in [0.15, 0.2) is 0 Å². The fourth-order valence-corrected chi connectivity index (χ4v) is 7.16. The standard InChI is InChI=1S/C17H32O3Si2/c1-7-19-17(18)20-13-11-14-21(5,6)15-12-16-22(8-2,9-3)10-4/h8-10H,2-4,7,11-16H2,1,5-6H3. The molecular formula is C17H32O3Si2. The van der Waals surface area contributed by atoms with Crippen LogP contribution in [0.4, 0.5) is 4.79 Å². The fourth-order valence-electron chi connectivity index (χ4n) is 2.42. The number of carbonyl (C=O) groups excluding carboxylic acids is 1. The molecule has 22 heavy (non-hydrogen) atoms. The first-order valence-corrected chi connectivity index (χ1v) is 13.9. The average molecular weight is 341 g/mol. The second-order valence-corrected chi connectivity index (χ2v) is 15.7. The van der Waals surface area contributed by atoms with Crippen molar-refractivity contribution < 1.29 is 14.3 Å². The first-order valence-electron chi connectivity index (χ1n) is 8.05. The van der Waals surface area contributed by atoms with Gasteiger partial charge in [-0.15, -0.1) is 19.7 Å². The third-order valence-corrected chi connectivity index (χ3v) is 11.0. The van der Waals surface area contributed by atoms with E-state index in [2.05, 4.69) is 49.9 Å². The van der Waals surface area contributed by atoms with Crippen molar-refractivity contribution in [2.45, 2.75) is 51.0 Å². The molecule has 0 unspecified atom stereocenters. The molecule has 3 nitrogen and oxygen atoms in total. The summed E-state index contributed by atoms with van der Waals surface area (Å²) in [6.07, 6.45) is 1.57. The Morgan fingerprint density at radius 3 is 2.00 bits per heavy atom. The van der Waals surface area contributed by atoms with E-state index in [4.69, 9.17) is 9.47 Å². The molecule has 0 atom stereocenters. The maximum absolute atomic E-state index is 11.1. The number of carbonyl (C=O) groups is 1. The van der Waals surface area contributed by atoms with Crippen LogP contribution >= 0.6 is 0 Å². The zero-order valence-corrected chi connectivity index (χ0v) is 16.5. The highest BCUT2D eigenvalue weighted by Gasteiger charge is 2.25. The van der Waals surface area contributed by atoms with E-state index in [-0.39, 0.29) is 0 Å². The van der Waals surface area contributed by atoms with Crippen LogP contribution < -0.4 is 0 Å². The highest BCUT2D eigenvalue weighted by atomic mass is 28.3. The van der Waals surface area contributed by atoms with Crippen LogP contribution in [0, 0.1) is 0 Å². The van der Waals surface area contributed by atoms with Crippen LogP contribution in [0.2, 0.25) is 31.2 Å². The smallest absolute Gasteiger partial charge is 0.435 e. The van der Waals surface area contributed by atoms with Gasteiger partial charge in [0.1, 0.15) is 8.07 Å². The van der Waals surface area contributed by atoms with E-state index in [1.807, 2.05) is 0 Å². The number of ether oxygens (including phenoxy) is 2. The summed E-state index contributed by atoms with van der Waals surface area (Å²) in [7, 11) is -2.90. The van der Waals surface area contributed by atoms with Crippen molar-refractivity contribution in [1.29, 1.82) is 0 Å². The second kappa shape index (κ2) is 10.6. The van der Waals surface area contributed by atoms with Gasteiger partial charge in [0, 0.05) is 8.07 Å². The van der Waals surface area contributed by atoms with Crippen LogP contribution in [0.3, 0.4) is 0 Å². The molecule has 0 aliphatic rings. The minimum absolute atomic E-state index is 0.362. The van der Waals surface area contributed by atoms with Crippen LogP contribution in [-0.4, -0.2) is 35.5 Å². The van der Waals surface area contributed by atoms with Crippen molar-refractivity contribution in [3.8, 4) is 0 Å². The molecular weight excluding hydrogens is 308 g/mol. The van der Waals surface area contributed by atoms with Crippen LogP contribution in [0.5, 0.6) is 0 Å². The molecule has 126 valence electrons. The van der Waals surface area contributed by atoms with E-state index in [1.54, 1.807) is 6.92 Å². The molecule has 0 aliphatic carbocycles. The minimum atomic E-state index is -1.65. The average Bonchev–Trinajstić information content (AvgIpc) is 2.49. The molecule has 0 aromatic rings. The van der Waals surface area contributed by atoms with Gasteiger partial charge in [0.2, 0.25) is 0 Å². The van der Waals surface area contributed by atoms with E-state index in [0.717, 1.165) is 18.5 Å². The molecule has 0 aromatic heterocycles. The summed E-state index contributed by atoms with van der Waals surface area (Å²) >= 11 is 0. The van der Waals surface area contributed by atoms with E-state index in [9.17, 15) is 4.79 Å². The molecule has 0 aliphatic heterocycles. The highest BCUT2D eigenvalue weighted by Crippen LogP contribution is 2.25. The van der Waals surface area contributed by atoms with Crippen LogP contribution in [-0.2, 0) is 9.47 Å². The SMILES string of the molecule is C=C[Si](C=C)(C=C)CCC[Si](C)(C)CCCOC(=O)OCC. The van der Waals surface area contributed by atoms with Crippen LogP contribution in [0.15, 0.2) is 36.8 Å². The van der Waals surface area contributed by atoms with E-state index in [0.29, 0.717) is 13.2 Å². The molecule has 0 saturated carbocycles. The highest BCUT2D eigenvalue weighted by molar-refractivity contribution is 6.93. The predicted molar refractivity (Wildman–Crippen MR) is 100 cm³/mol. The lowest BCUT2D eigenvalue weighted by atomic mass is 10.5. The van der Waals surface area contributed by atoms with Gasteiger partial charge < -0.3 is 9.47 Å². The molecule has 0 spiro atoms. The Kier molecular flexibility index (Phi) is 10.1. The molecule has 0 rings (SSSR count). The van der Waals surface area contributed by atoms with Gasteiger partial charge >= 0.3 is 6.16 Å². The van der Waals surface area contributed by atoms with Gasteiger partial charge in [-0.25, -0.2) is 4.79 Å². The summed E-state index contributed by atoms with van der Waals surface area (Å²) in [5, 5.41) is 0. The van der Waals surface area contributed by atoms with E-state index >= 15 is 0 Å². The Bertz CT molecular complexity index is 356. The lowest BCUT2D eigenvalue weighted by Gasteiger charge is -2.25. The largest absolute Gasteiger partial charge is 0.508 e. The van der Waals surface area contributed by atoms with Crippen molar-refractivity contribution in [3.05, 3.63) is 36.8 Å². The maximum atomic E-state index is 11.1. The van der Waals surface area contributed by atoms with Crippen LogP contribution in [0.1, 0.15) is 19.8 Å². The van der Waals surface area contributed by atoms with Crippen LogP contribution in [0.25, 0.3) is 0 Å². The summed E-state index contributed by atoms with van der Waals surface area (Å²) in [5.74, 6) is 0. The molecule has 0 bridgehead atoms. The molecule has 0 amide bonds. The Balaban J connectivity index is 4.04. The topological polar surface area (TPSA) is 35.5 Å². The first kappa shape index (κ1) is 20.9. The zero-order valence-electron chi connectivity index (χ0n) is 14.5. The Morgan fingerprint density at radius 2 is 1.50 bits per heavy atom. The van der Waals surface area contributed by atoms with Gasteiger partial charge in [-0.05, 0) is 19.4 Å².